The number of rotatable bonds is 4. The Labute approximate surface area is 122 Å². The van der Waals surface area contributed by atoms with Crippen molar-refractivity contribution in [3.8, 4) is 0 Å². The van der Waals surface area contributed by atoms with Gasteiger partial charge in [-0.25, -0.2) is 4.79 Å². The van der Waals surface area contributed by atoms with Crippen LogP contribution in [-0.4, -0.2) is 18.0 Å². The molecule has 0 fully saturated rings. The molecule has 0 aliphatic heterocycles. The first-order valence-corrected chi connectivity index (χ1v) is 6.49. The third kappa shape index (κ3) is 3.66. The van der Waals surface area contributed by atoms with E-state index in [9.17, 15) is 14.9 Å². The first kappa shape index (κ1) is 14.7. The highest BCUT2D eigenvalue weighted by atomic mass is 16.6. The number of hydrogen-bond acceptors (Lipinski definition) is 4. The number of nitro benzene ring substituents is 1. The molecule has 0 saturated heterocycles. The van der Waals surface area contributed by atoms with Crippen molar-refractivity contribution in [3.63, 3.8) is 0 Å². The zero-order valence-electron chi connectivity index (χ0n) is 11.6. The summed E-state index contributed by atoms with van der Waals surface area (Å²) in [6, 6.07) is 6.69. The van der Waals surface area contributed by atoms with Gasteiger partial charge in [0.15, 0.2) is 0 Å². The molecule has 1 aliphatic rings. The van der Waals surface area contributed by atoms with E-state index >= 15 is 0 Å². The van der Waals surface area contributed by atoms with Crippen LogP contribution in [0.4, 0.5) is 5.69 Å². The molecule has 1 aromatic carbocycles. The van der Waals surface area contributed by atoms with Crippen LogP contribution < -0.4 is 0 Å². The molecule has 1 aromatic rings. The van der Waals surface area contributed by atoms with Gasteiger partial charge in [0.05, 0.1) is 17.6 Å². The largest absolute Gasteiger partial charge is 0.465 e. The Kier molecular flexibility index (Phi) is 4.66. The number of carbonyl (C=O) groups excluding carboxylic acids is 1. The molecule has 0 N–H and O–H groups in total. The molecule has 0 saturated carbocycles. The van der Waals surface area contributed by atoms with Crippen LogP contribution in [-0.2, 0) is 16.0 Å². The van der Waals surface area contributed by atoms with Gasteiger partial charge in [0.1, 0.15) is 0 Å². The number of allylic oxidation sites excluding steroid dienone is 4. The van der Waals surface area contributed by atoms with E-state index in [2.05, 4.69) is 4.74 Å². The fourth-order valence-corrected chi connectivity index (χ4v) is 2.08. The van der Waals surface area contributed by atoms with Crippen LogP contribution in [0.5, 0.6) is 0 Å². The second-order valence-electron chi connectivity index (χ2n) is 4.56. The molecule has 0 radical (unpaired) electrons. The number of hydrogen-bond donors (Lipinski definition) is 0. The molecule has 5 heteroatoms. The zero-order valence-corrected chi connectivity index (χ0v) is 11.6. The third-order valence-corrected chi connectivity index (χ3v) is 3.23. The van der Waals surface area contributed by atoms with E-state index in [1.807, 2.05) is 12.2 Å². The molecule has 5 nitrogen and oxygen atoms in total. The van der Waals surface area contributed by atoms with Crippen molar-refractivity contribution in [2.45, 2.75) is 12.8 Å². The highest BCUT2D eigenvalue weighted by Crippen LogP contribution is 2.21. The third-order valence-electron chi connectivity index (χ3n) is 3.23. The maximum Gasteiger partial charge on any atom is 0.337 e. The molecule has 0 atom stereocenters. The van der Waals surface area contributed by atoms with E-state index in [4.69, 9.17) is 0 Å². The van der Waals surface area contributed by atoms with Crippen LogP contribution >= 0.6 is 0 Å². The van der Waals surface area contributed by atoms with Gasteiger partial charge in [-0.3, -0.25) is 10.1 Å². The van der Waals surface area contributed by atoms with E-state index in [0.717, 1.165) is 5.57 Å². The van der Waals surface area contributed by atoms with Crippen LogP contribution in [0.3, 0.4) is 0 Å². The van der Waals surface area contributed by atoms with E-state index in [-0.39, 0.29) is 16.6 Å². The molecule has 0 aromatic heterocycles. The lowest BCUT2D eigenvalue weighted by atomic mass is 9.99. The standard InChI is InChI=1S/C16H15NO4/c1-21-16(18)14-10-7-12(8-11-14)6-9-13-4-2-3-5-15(13)17(19)20/h2-7,10-11H,8-9H2,1H3/b12-6-. The van der Waals surface area contributed by atoms with Crippen molar-refractivity contribution in [2.24, 2.45) is 0 Å². The maximum absolute atomic E-state index is 11.3. The lowest BCUT2D eigenvalue weighted by Gasteiger charge is -2.08. The number of ether oxygens (including phenoxy) is 1. The fourth-order valence-electron chi connectivity index (χ4n) is 2.08. The van der Waals surface area contributed by atoms with Crippen LogP contribution in [0, 0.1) is 10.1 Å². The van der Waals surface area contributed by atoms with Crippen LogP contribution in [0.15, 0.2) is 59.7 Å². The summed E-state index contributed by atoms with van der Waals surface area (Å²) < 4.78 is 4.64. The summed E-state index contributed by atoms with van der Waals surface area (Å²) in [5.41, 5.74) is 2.34. The summed E-state index contributed by atoms with van der Waals surface area (Å²) in [6.07, 6.45) is 8.35. The summed E-state index contributed by atoms with van der Waals surface area (Å²) in [5.74, 6) is -0.357. The minimum absolute atomic E-state index is 0.125. The first-order chi connectivity index (χ1) is 10.1. The highest BCUT2D eigenvalue weighted by Gasteiger charge is 2.12. The summed E-state index contributed by atoms with van der Waals surface area (Å²) in [7, 11) is 1.34. The monoisotopic (exact) mass is 285 g/mol. The van der Waals surface area contributed by atoms with Gasteiger partial charge >= 0.3 is 5.97 Å². The van der Waals surface area contributed by atoms with Crippen molar-refractivity contribution in [1.29, 1.82) is 0 Å². The molecule has 1 aliphatic carbocycles. The number of methoxy groups -OCH3 is 1. The molecule has 0 heterocycles. The Morgan fingerprint density at radius 3 is 2.76 bits per heavy atom. The molecule has 2 rings (SSSR count). The van der Waals surface area contributed by atoms with Crippen LogP contribution in [0.2, 0.25) is 0 Å². The van der Waals surface area contributed by atoms with Gasteiger partial charge in [0, 0.05) is 11.6 Å². The van der Waals surface area contributed by atoms with Crippen LogP contribution in [0.25, 0.3) is 0 Å². The Balaban J connectivity index is 2.08. The van der Waals surface area contributed by atoms with E-state index in [0.29, 0.717) is 24.0 Å². The van der Waals surface area contributed by atoms with E-state index in [1.165, 1.54) is 13.2 Å². The number of carbonyl (C=O) groups is 1. The van der Waals surface area contributed by atoms with Gasteiger partial charge in [-0.05, 0) is 24.5 Å². The molecule has 0 amide bonds. The summed E-state index contributed by atoms with van der Waals surface area (Å²) >= 11 is 0. The Morgan fingerprint density at radius 1 is 1.38 bits per heavy atom. The van der Waals surface area contributed by atoms with Gasteiger partial charge in [0.2, 0.25) is 0 Å². The first-order valence-electron chi connectivity index (χ1n) is 6.49. The molecule has 108 valence electrons. The van der Waals surface area contributed by atoms with Gasteiger partial charge in [-0.15, -0.1) is 0 Å². The van der Waals surface area contributed by atoms with Gasteiger partial charge in [0.25, 0.3) is 5.69 Å². The maximum atomic E-state index is 11.3. The normalized spacial score (nSPS) is 15.7. The second-order valence-corrected chi connectivity index (χ2v) is 4.56. The number of esters is 1. The molecule has 0 bridgehead atoms. The number of nitro groups is 1. The molecule has 0 unspecified atom stereocenters. The van der Waals surface area contributed by atoms with E-state index < -0.39 is 0 Å². The number of benzene rings is 1. The predicted molar refractivity (Wildman–Crippen MR) is 78.7 cm³/mol. The average molecular weight is 285 g/mol. The minimum atomic E-state index is -0.375. The molecule has 21 heavy (non-hydrogen) atoms. The topological polar surface area (TPSA) is 69.4 Å². The van der Waals surface area contributed by atoms with E-state index in [1.54, 1.807) is 30.4 Å². The average Bonchev–Trinajstić information content (AvgIpc) is 2.52. The highest BCUT2D eigenvalue weighted by molar-refractivity contribution is 5.92. The quantitative estimate of drug-likeness (QED) is 0.484. The molecule has 0 spiro atoms. The number of para-hydroxylation sites is 1. The number of nitrogens with zero attached hydrogens (tertiary/aromatic N) is 1. The fraction of sp³-hybridized carbons (Fsp3) is 0.188. The van der Waals surface area contributed by atoms with Gasteiger partial charge in [-0.1, -0.05) is 36.4 Å². The molecular formula is C16H15NO4. The smallest absolute Gasteiger partial charge is 0.337 e. The lowest BCUT2D eigenvalue weighted by Crippen LogP contribution is -2.04. The summed E-state index contributed by atoms with van der Waals surface area (Å²) in [5, 5.41) is 10.9. The Bertz CT molecular complexity index is 656. The van der Waals surface area contributed by atoms with Crippen molar-refractivity contribution in [2.75, 3.05) is 7.11 Å². The van der Waals surface area contributed by atoms with Crippen LogP contribution in [0.1, 0.15) is 12.0 Å². The van der Waals surface area contributed by atoms with Crippen molar-refractivity contribution >= 4 is 11.7 Å². The van der Waals surface area contributed by atoms with Crippen molar-refractivity contribution in [1.82, 2.24) is 0 Å². The Hall–Kier alpha value is -2.69. The summed E-state index contributed by atoms with van der Waals surface area (Å²) in [4.78, 5) is 21.9. The SMILES string of the molecule is COC(=O)C1=CC/C(=C\Cc2ccccc2[N+](=O)[O-])C=C1. The Morgan fingerprint density at radius 2 is 2.14 bits per heavy atom. The lowest BCUT2D eigenvalue weighted by molar-refractivity contribution is -0.385. The molecular weight excluding hydrogens is 270 g/mol. The zero-order chi connectivity index (χ0) is 15.2. The minimum Gasteiger partial charge on any atom is -0.465 e. The van der Waals surface area contributed by atoms with Crippen molar-refractivity contribution < 1.29 is 14.5 Å². The van der Waals surface area contributed by atoms with Gasteiger partial charge in [-0.2, -0.15) is 0 Å². The second kappa shape index (κ2) is 6.65. The van der Waals surface area contributed by atoms with Gasteiger partial charge < -0.3 is 4.74 Å². The predicted octanol–water partition coefficient (Wildman–Crippen LogP) is 3.12. The van der Waals surface area contributed by atoms with Crippen molar-refractivity contribution in [3.05, 3.63) is 75.4 Å². The summed E-state index contributed by atoms with van der Waals surface area (Å²) in [6.45, 7) is 0.